The standard InChI is InChI=1S/C24H18ClFN4O5/c1-27-19-11-18-16(10-17(19)26)22(32)30(24(35)28-18)15-8-4-13(5-9-15)21(31)29-20(23(33)34)12-2-6-14(25)7-3-12/h2-11,20,27H,1H3,(H,28,35)(H,29,31)(H,33,34). The minimum atomic E-state index is -1.32. The van der Waals surface area contributed by atoms with E-state index >= 15 is 0 Å². The summed E-state index contributed by atoms with van der Waals surface area (Å²) in [5.74, 6) is -2.60. The number of fused-ring (bicyclic) bond motifs is 1. The van der Waals surface area contributed by atoms with E-state index in [4.69, 9.17) is 11.6 Å². The molecule has 0 fully saturated rings. The first-order chi connectivity index (χ1) is 16.7. The van der Waals surface area contributed by atoms with E-state index in [9.17, 15) is 28.7 Å². The summed E-state index contributed by atoms with van der Waals surface area (Å²) >= 11 is 5.83. The number of nitrogens with one attached hydrogen (secondary N) is 3. The van der Waals surface area contributed by atoms with Gasteiger partial charge < -0.3 is 20.7 Å². The lowest BCUT2D eigenvalue weighted by Crippen LogP contribution is -2.34. The van der Waals surface area contributed by atoms with Crippen molar-refractivity contribution in [2.75, 3.05) is 12.4 Å². The number of carboxylic acids is 1. The number of aromatic nitrogens is 2. The average molecular weight is 497 g/mol. The van der Waals surface area contributed by atoms with Crippen LogP contribution < -0.4 is 21.9 Å². The molecule has 3 aromatic carbocycles. The number of rotatable bonds is 6. The first-order valence-electron chi connectivity index (χ1n) is 10.3. The number of H-pyrrole nitrogens is 1. The van der Waals surface area contributed by atoms with Crippen LogP contribution >= 0.6 is 11.6 Å². The third-order valence-electron chi connectivity index (χ3n) is 5.37. The van der Waals surface area contributed by atoms with E-state index in [1.165, 1.54) is 61.6 Å². The molecule has 11 heteroatoms. The molecular formula is C24H18ClFN4O5. The molecule has 0 saturated carbocycles. The van der Waals surface area contributed by atoms with Crippen LogP contribution in [-0.4, -0.2) is 33.6 Å². The minimum absolute atomic E-state index is 0.0322. The summed E-state index contributed by atoms with van der Waals surface area (Å²) in [7, 11) is 1.51. The highest BCUT2D eigenvalue weighted by Gasteiger charge is 2.23. The fourth-order valence-electron chi connectivity index (χ4n) is 3.58. The summed E-state index contributed by atoms with van der Waals surface area (Å²) in [5.41, 5.74) is -0.629. The van der Waals surface area contributed by atoms with Crippen LogP contribution in [-0.2, 0) is 4.79 Å². The molecule has 0 aliphatic carbocycles. The van der Waals surface area contributed by atoms with Gasteiger partial charge >= 0.3 is 11.7 Å². The number of carbonyl (C=O) groups excluding carboxylic acids is 1. The summed E-state index contributed by atoms with van der Waals surface area (Å²) < 4.78 is 15.0. The van der Waals surface area contributed by atoms with Gasteiger partial charge in [-0.2, -0.15) is 0 Å². The second-order valence-electron chi connectivity index (χ2n) is 7.54. The second kappa shape index (κ2) is 9.43. The molecule has 0 aliphatic rings. The van der Waals surface area contributed by atoms with Gasteiger partial charge in [0.25, 0.3) is 11.5 Å². The second-order valence-corrected chi connectivity index (χ2v) is 7.98. The number of hydrogen-bond donors (Lipinski definition) is 4. The van der Waals surface area contributed by atoms with Gasteiger partial charge in [-0.25, -0.2) is 18.5 Å². The van der Waals surface area contributed by atoms with Crippen LogP contribution in [0.25, 0.3) is 16.6 Å². The Morgan fingerprint density at radius 1 is 1.06 bits per heavy atom. The number of anilines is 1. The lowest BCUT2D eigenvalue weighted by atomic mass is 10.1. The Balaban J connectivity index is 1.65. The zero-order chi connectivity index (χ0) is 25.3. The average Bonchev–Trinajstić information content (AvgIpc) is 2.83. The van der Waals surface area contributed by atoms with Gasteiger partial charge in [-0.15, -0.1) is 0 Å². The lowest BCUT2D eigenvalue weighted by Gasteiger charge is -2.15. The smallest absolute Gasteiger partial charge is 0.333 e. The Hall–Kier alpha value is -4.44. The van der Waals surface area contributed by atoms with Gasteiger partial charge in [-0.05, 0) is 54.1 Å². The van der Waals surface area contributed by atoms with Gasteiger partial charge in [0.05, 0.1) is 22.3 Å². The molecule has 1 atom stereocenters. The van der Waals surface area contributed by atoms with E-state index in [-0.39, 0.29) is 27.8 Å². The van der Waals surface area contributed by atoms with Gasteiger partial charge in [-0.3, -0.25) is 9.59 Å². The van der Waals surface area contributed by atoms with Crippen LogP contribution in [0.4, 0.5) is 10.1 Å². The fourth-order valence-corrected chi connectivity index (χ4v) is 3.71. The van der Waals surface area contributed by atoms with Crippen LogP contribution in [0, 0.1) is 5.82 Å². The van der Waals surface area contributed by atoms with E-state index in [1.807, 2.05) is 0 Å². The SMILES string of the molecule is CNc1cc2[nH]c(=O)n(-c3ccc(C(=O)NC(C(=O)O)c4ccc(Cl)cc4)cc3)c(=O)c2cc1F. The van der Waals surface area contributed by atoms with Crippen molar-refractivity contribution in [1.29, 1.82) is 0 Å². The highest BCUT2D eigenvalue weighted by Crippen LogP contribution is 2.20. The van der Waals surface area contributed by atoms with Gasteiger partial charge in [0.2, 0.25) is 0 Å². The number of halogens is 2. The molecule has 0 aliphatic heterocycles. The van der Waals surface area contributed by atoms with Crippen molar-refractivity contribution in [2.24, 2.45) is 0 Å². The minimum Gasteiger partial charge on any atom is -0.479 e. The number of amides is 1. The summed E-state index contributed by atoms with van der Waals surface area (Å²) in [6.45, 7) is 0. The molecule has 0 bridgehead atoms. The Bertz CT molecular complexity index is 1560. The molecule has 9 nitrogen and oxygen atoms in total. The van der Waals surface area contributed by atoms with Crippen molar-refractivity contribution in [1.82, 2.24) is 14.9 Å². The molecule has 4 aromatic rings. The van der Waals surface area contributed by atoms with Crippen LogP contribution in [0.15, 0.2) is 70.3 Å². The zero-order valence-corrected chi connectivity index (χ0v) is 18.9. The number of carbonyl (C=O) groups is 2. The molecule has 4 N–H and O–H groups in total. The Morgan fingerprint density at radius 2 is 1.71 bits per heavy atom. The van der Waals surface area contributed by atoms with Crippen molar-refractivity contribution in [2.45, 2.75) is 6.04 Å². The van der Waals surface area contributed by atoms with Gasteiger partial charge in [0, 0.05) is 17.6 Å². The van der Waals surface area contributed by atoms with E-state index in [2.05, 4.69) is 15.6 Å². The van der Waals surface area contributed by atoms with Crippen molar-refractivity contribution in [3.05, 3.63) is 103 Å². The van der Waals surface area contributed by atoms with E-state index in [0.29, 0.717) is 10.6 Å². The topological polar surface area (TPSA) is 133 Å². The van der Waals surface area contributed by atoms with Crippen LogP contribution in [0.1, 0.15) is 22.0 Å². The Labute approximate surface area is 201 Å². The normalized spacial score (nSPS) is 11.7. The van der Waals surface area contributed by atoms with E-state index in [0.717, 1.165) is 10.6 Å². The third kappa shape index (κ3) is 4.64. The zero-order valence-electron chi connectivity index (χ0n) is 18.1. The monoisotopic (exact) mass is 496 g/mol. The van der Waals surface area contributed by atoms with Crippen molar-refractivity contribution < 1.29 is 19.1 Å². The van der Waals surface area contributed by atoms with Crippen molar-refractivity contribution in [3.8, 4) is 5.69 Å². The van der Waals surface area contributed by atoms with Crippen molar-refractivity contribution >= 4 is 40.1 Å². The number of aliphatic carboxylic acids is 1. The molecule has 1 aromatic heterocycles. The van der Waals surface area contributed by atoms with Crippen LogP contribution in [0.2, 0.25) is 5.02 Å². The molecule has 1 unspecified atom stereocenters. The molecule has 4 rings (SSSR count). The van der Waals surface area contributed by atoms with E-state index in [1.54, 1.807) is 0 Å². The Kier molecular flexibility index (Phi) is 6.39. The quantitative estimate of drug-likeness (QED) is 0.324. The number of nitrogens with zero attached hydrogens (tertiary/aromatic N) is 1. The molecule has 178 valence electrons. The molecule has 1 amide bonds. The number of hydrogen-bond acceptors (Lipinski definition) is 5. The predicted octanol–water partition coefficient (Wildman–Crippen LogP) is 3.07. The number of benzene rings is 3. The largest absolute Gasteiger partial charge is 0.479 e. The predicted molar refractivity (Wildman–Crippen MR) is 129 cm³/mol. The molecule has 0 spiro atoms. The summed E-state index contributed by atoms with van der Waals surface area (Å²) in [6, 6.07) is 12.4. The number of aromatic amines is 1. The maximum Gasteiger partial charge on any atom is 0.333 e. The molecule has 0 saturated heterocycles. The van der Waals surface area contributed by atoms with Gasteiger partial charge in [0.1, 0.15) is 5.82 Å². The lowest BCUT2D eigenvalue weighted by molar-refractivity contribution is -0.139. The van der Waals surface area contributed by atoms with Crippen LogP contribution in [0.5, 0.6) is 0 Å². The highest BCUT2D eigenvalue weighted by atomic mass is 35.5. The van der Waals surface area contributed by atoms with E-state index < -0.39 is 35.0 Å². The maximum atomic E-state index is 14.2. The first-order valence-corrected chi connectivity index (χ1v) is 10.6. The van der Waals surface area contributed by atoms with Crippen molar-refractivity contribution in [3.63, 3.8) is 0 Å². The molecule has 35 heavy (non-hydrogen) atoms. The van der Waals surface area contributed by atoms with Crippen LogP contribution in [0.3, 0.4) is 0 Å². The highest BCUT2D eigenvalue weighted by molar-refractivity contribution is 6.30. The maximum absolute atomic E-state index is 14.2. The summed E-state index contributed by atoms with van der Waals surface area (Å²) in [6.07, 6.45) is 0. The van der Waals surface area contributed by atoms with Gasteiger partial charge in [0.15, 0.2) is 6.04 Å². The fraction of sp³-hybridized carbons (Fsp3) is 0.0833. The molecule has 1 heterocycles. The molecule has 0 radical (unpaired) electrons. The third-order valence-corrected chi connectivity index (χ3v) is 5.62. The van der Waals surface area contributed by atoms with Gasteiger partial charge in [-0.1, -0.05) is 23.7 Å². The summed E-state index contributed by atoms with van der Waals surface area (Å²) in [4.78, 5) is 52.4. The summed E-state index contributed by atoms with van der Waals surface area (Å²) in [5, 5.41) is 15.0. The molecular weight excluding hydrogens is 479 g/mol. The first kappa shape index (κ1) is 23.7. The Morgan fingerprint density at radius 3 is 2.31 bits per heavy atom. The number of carboxylic acid groups (broad SMARTS) is 1.